The number of likely N-dealkylation sites (tertiary alicyclic amines) is 1. The molecular formula is C20H20N6O3. The van der Waals surface area contributed by atoms with Crippen molar-refractivity contribution in [2.75, 3.05) is 13.1 Å². The topological polar surface area (TPSA) is 97.7 Å². The summed E-state index contributed by atoms with van der Waals surface area (Å²) in [6.45, 7) is 0.781. The van der Waals surface area contributed by atoms with Gasteiger partial charge in [-0.1, -0.05) is 6.07 Å². The minimum atomic E-state index is -0.956. The number of amides is 1. The monoisotopic (exact) mass is 392 g/mol. The van der Waals surface area contributed by atoms with Crippen molar-refractivity contribution >= 4 is 22.8 Å². The van der Waals surface area contributed by atoms with Gasteiger partial charge in [0.1, 0.15) is 0 Å². The third kappa shape index (κ3) is 2.69. The molecule has 0 aliphatic carbocycles. The van der Waals surface area contributed by atoms with Gasteiger partial charge in [-0.15, -0.1) is 0 Å². The van der Waals surface area contributed by atoms with Gasteiger partial charge in [0.15, 0.2) is 5.65 Å². The predicted molar refractivity (Wildman–Crippen MR) is 107 cm³/mol. The molecule has 0 aromatic carbocycles. The summed E-state index contributed by atoms with van der Waals surface area (Å²) in [4.78, 5) is 30.6. The number of fused-ring (bicyclic) bond motifs is 2. The van der Waals surface area contributed by atoms with Crippen molar-refractivity contribution in [2.24, 2.45) is 7.05 Å². The van der Waals surface area contributed by atoms with E-state index in [0.29, 0.717) is 18.6 Å². The number of carboxylic acid groups (broad SMARTS) is 1. The Kier molecular flexibility index (Phi) is 3.90. The quantitative estimate of drug-likeness (QED) is 0.565. The lowest BCUT2D eigenvalue weighted by atomic mass is 10.1. The Bertz CT molecular complexity index is 1300. The number of imidazole rings is 1. The summed E-state index contributed by atoms with van der Waals surface area (Å²) in [5.41, 5.74) is 3.65. The Morgan fingerprint density at radius 2 is 2.07 bits per heavy atom. The van der Waals surface area contributed by atoms with E-state index in [0.717, 1.165) is 28.7 Å². The van der Waals surface area contributed by atoms with Crippen molar-refractivity contribution in [3.05, 3.63) is 53.2 Å². The molecule has 1 amide bonds. The lowest BCUT2D eigenvalue weighted by Gasteiger charge is -2.31. The molecule has 1 aliphatic heterocycles. The molecule has 1 aliphatic rings. The van der Waals surface area contributed by atoms with Crippen molar-refractivity contribution in [2.45, 2.75) is 18.9 Å². The SMILES string of the molecule is Cn1c(=O)n([C@H]2CCCN(C(=O)O)C2)c2nc(-c3cnn4ccccc34)ccc21. The van der Waals surface area contributed by atoms with E-state index in [-0.39, 0.29) is 18.3 Å². The van der Waals surface area contributed by atoms with Gasteiger partial charge < -0.3 is 10.0 Å². The van der Waals surface area contributed by atoms with Crippen LogP contribution in [0.2, 0.25) is 0 Å². The van der Waals surface area contributed by atoms with Crippen LogP contribution in [0.25, 0.3) is 27.9 Å². The Hall–Kier alpha value is -3.62. The molecule has 1 saturated heterocycles. The number of nitrogens with zero attached hydrogens (tertiary/aromatic N) is 6. The van der Waals surface area contributed by atoms with Gasteiger partial charge >= 0.3 is 11.8 Å². The van der Waals surface area contributed by atoms with Gasteiger partial charge in [-0.2, -0.15) is 5.10 Å². The van der Waals surface area contributed by atoms with Gasteiger partial charge in [0.2, 0.25) is 0 Å². The van der Waals surface area contributed by atoms with E-state index in [1.54, 1.807) is 26.9 Å². The number of pyridine rings is 2. The van der Waals surface area contributed by atoms with Crippen LogP contribution in [0.3, 0.4) is 0 Å². The second kappa shape index (κ2) is 6.47. The molecule has 0 saturated carbocycles. The van der Waals surface area contributed by atoms with Crippen LogP contribution in [0, 0.1) is 0 Å². The van der Waals surface area contributed by atoms with Gasteiger partial charge in [0, 0.05) is 31.9 Å². The highest BCUT2D eigenvalue weighted by Gasteiger charge is 2.28. The fourth-order valence-corrected chi connectivity index (χ4v) is 4.19. The van der Waals surface area contributed by atoms with E-state index in [1.165, 1.54) is 4.90 Å². The number of aromatic nitrogens is 5. The van der Waals surface area contributed by atoms with E-state index in [9.17, 15) is 14.7 Å². The van der Waals surface area contributed by atoms with Crippen LogP contribution >= 0.6 is 0 Å². The Morgan fingerprint density at radius 1 is 1.21 bits per heavy atom. The second-order valence-corrected chi connectivity index (χ2v) is 7.36. The van der Waals surface area contributed by atoms with E-state index in [2.05, 4.69) is 5.10 Å². The third-order valence-electron chi connectivity index (χ3n) is 5.67. The maximum absolute atomic E-state index is 13.0. The Balaban J connectivity index is 1.67. The summed E-state index contributed by atoms with van der Waals surface area (Å²) in [6, 6.07) is 9.37. The van der Waals surface area contributed by atoms with Crippen molar-refractivity contribution in [3.63, 3.8) is 0 Å². The van der Waals surface area contributed by atoms with E-state index >= 15 is 0 Å². The molecule has 1 N–H and O–H groups in total. The Labute approximate surface area is 165 Å². The summed E-state index contributed by atoms with van der Waals surface area (Å²) in [5.74, 6) is 0. The zero-order valence-electron chi connectivity index (χ0n) is 15.9. The molecule has 1 atom stereocenters. The first-order chi connectivity index (χ1) is 14.0. The fraction of sp³-hybridized carbons (Fsp3) is 0.300. The molecule has 1 fully saturated rings. The highest BCUT2D eigenvalue weighted by Crippen LogP contribution is 2.28. The molecule has 4 aromatic rings. The highest BCUT2D eigenvalue weighted by atomic mass is 16.4. The van der Waals surface area contributed by atoms with Crippen LogP contribution in [-0.4, -0.2) is 52.9 Å². The Morgan fingerprint density at radius 3 is 2.90 bits per heavy atom. The number of hydrogen-bond acceptors (Lipinski definition) is 4. The summed E-state index contributed by atoms with van der Waals surface area (Å²) >= 11 is 0. The smallest absolute Gasteiger partial charge is 0.407 e. The summed E-state index contributed by atoms with van der Waals surface area (Å²) in [7, 11) is 1.72. The lowest BCUT2D eigenvalue weighted by molar-refractivity contribution is 0.121. The largest absolute Gasteiger partial charge is 0.465 e. The standard InChI is InChI=1S/C20H20N6O3/c1-23-17-8-7-15(14-11-21-25-10-3-2-6-16(14)25)22-18(17)26(19(23)27)13-5-4-9-24(12-13)20(28)29/h2-3,6-8,10-11,13H,4-5,9,12H2,1H3,(H,28,29)/t13-/m0/s1. The number of carbonyl (C=O) groups is 1. The summed E-state index contributed by atoms with van der Waals surface area (Å²) in [5, 5.41) is 13.7. The average molecular weight is 392 g/mol. The summed E-state index contributed by atoms with van der Waals surface area (Å²) in [6.07, 6.45) is 4.14. The molecule has 148 valence electrons. The number of aryl methyl sites for hydroxylation is 1. The number of piperidine rings is 1. The zero-order chi connectivity index (χ0) is 20.1. The molecule has 9 nitrogen and oxygen atoms in total. The maximum atomic E-state index is 13.0. The van der Waals surface area contributed by atoms with Crippen LogP contribution < -0.4 is 5.69 Å². The van der Waals surface area contributed by atoms with Crippen molar-refractivity contribution in [3.8, 4) is 11.3 Å². The van der Waals surface area contributed by atoms with Crippen molar-refractivity contribution in [1.29, 1.82) is 0 Å². The first-order valence-electron chi connectivity index (χ1n) is 9.53. The number of hydrogen-bond donors (Lipinski definition) is 1. The molecule has 29 heavy (non-hydrogen) atoms. The summed E-state index contributed by atoms with van der Waals surface area (Å²) < 4.78 is 5.01. The van der Waals surface area contributed by atoms with Gasteiger partial charge in [0.25, 0.3) is 0 Å². The zero-order valence-corrected chi connectivity index (χ0v) is 15.9. The van der Waals surface area contributed by atoms with Crippen LogP contribution in [0.1, 0.15) is 18.9 Å². The van der Waals surface area contributed by atoms with Crippen molar-refractivity contribution in [1.82, 2.24) is 28.6 Å². The molecular weight excluding hydrogens is 372 g/mol. The van der Waals surface area contributed by atoms with Crippen molar-refractivity contribution < 1.29 is 9.90 Å². The molecule has 4 aromatic heterocycles. The van der Waals surface area contributed by atoms with Crippen LogP contribution in [-0.2, 0) is 7.05 Å². The second-order valence-electron chi connectivity index (χ2n) is 7.36. The van der Waals surface area contributed by atoms with E-state index in [1.807, 2.05) is 36.5 Å². The van der Waals surface area contributed by atoms with Gasteiger partial charge in [-0.05, 0) is 37.1 Å². The van der Waals surface area contributed by atoms with E-state index < -0.39 is 6.09 Å². The first-order valence-corrected chi connectivity index (χ1v) is 9.53. The van der Waals surface area contributed by atoms with Crippen LogP contribution in [0.4, 0.5) is 4.79 Å². The highest BCUT2D eigenvalue weighted by molar-refractivity contribution is 5.82. The third-order valence-corrected chi connectivity index (χ3v) is 5.67. The predicted octanol–water partition coefficient (Wildman–Crippen LogP) is 2.36. The normalized spacial score (nSPS) is 17.3. The van der Waals surface area contributed by atoms with Crippen LogP contribution in [0.5, 0.6) is 0 Å². The minimum Gasteiger partial charge on any atom is -0.465 e. The molecule has 9 heteroatoms. The molecule has 0 unspecified atom stereocenters. The molecule has 0 spiro atoms. The lowest BCUT2D eigenvalue weighted by Crippen LogP contribution is -2.42. The molecule has 0 bridgehead atoms. The average Bonchev–Trinajstić information content (AvgIpc) is 3.27. The van der Waals surface area contributed by atoms with Gasteiger partial charge in [-0.3, -0.25) is 9.13 Å². The first kappa shape index (κ1) is 17.5. The number of rotatable bonds is 2. The fourth-order valence-electron chi connectivity index (χ4n) is 4.19. The minimum absolute atomic E-state index is 0.179. The van der Waals surface area contributed by atoms with Gasteiger partial charge in [0.05, 0.1) is 29.0 Å². The maximum Gasteiger partial charge on any atom is 0.407 e. The van der Waals surface area contributed by atoms with E-state index in [4.69, 9.17) is 4.98 Å². The van der Waals surface area contributed by atoms with Gasteiger partial charge in [-0.25, -0.2) is 19.1 Å². The molecule has 5 heterocycles. The molecule has 0 radical (unpaired) electrons. The van der Waals surface area contributed by atoms with Crippen LogP contribution in [0.15, 0.2) is 47.5 Å². The molecule has 5 rings (SSSR count).